The number of fused-ring (bicyclic) bond motifs is 1. The van der Waals surface area contributed by atoms with Crippen LogP contribution in [-0.2, 0) is 4.79 Å². The molecule has 3 atom stereocenters. The monoisotopic (exact) mass is 566 g/mol. The van der Waals surface area contributed by atoms with E-state index in [-0.39, 0.29) is 42.8 Å². The molecule has 1 fully saturated rings. The van der Waals surface area contributed by atoms with Crippen LogP contribution < -0.4 is 20.1 Å². The average molecular weight is 567 g/mol. The molecule has 41 heavy (non-hydrogen) atoms. The van der Waals surface area contributed by atoms with Gasteiger partial charge in [-0.15, -0.1) is 0 Å². The number of hydrogen-bond donors (Lipinski definition) is 3. The molecule has 0 saturated heterocycles. The maximum atomic E-state index is 13.7. The second-order valence-electron chi connectivity index (χ2n) is 11.2. The van der Waals surface area contributed by atoms with Crippen molar-refractivity contribution in [2.24, 2.45) is 11.8 Å². The predicted molar refractivity (Wildman–Crippen MR) is 157 cm³/mol. The molecule has 4 amide bonds. The summed E-state index contributed by atoms with van der Waals surface area (Å²) in [6.45, 7) is 4.16. The zero-order valence-electron chi connectivity index (χ0n) is 24.4. The molecule has 1 heterocycles. The highest BCUT2D eigenvalue weighted by molar-refractivity contribution is 6.00. The van der Waals surface area contributed by atoms with Crippen molar-refractivity contribution in [3.05, 3.63) is 48.0 Å². The Hall–Kier alpha value is -3.79. The van der Waals surface area contributed by atoms with Gasteiger partial charge < -0.3 is 35.0 Å². The Bertz CT molecular complexity index is 1210. The molecule has 1 aliphatic carbocycles. The summed E-state index contributed by atoms with van der Waals surface area (Å²) in [7, 11) is 3.28. The number of ether oxygens (including phenoxy) is 2. The van der Waals surface area contributed by atoms with Crippen LogP contribution in [0.25, 0.3) is 0 Å². The number of anilines is 2. The van der Waals surface area contributed by atoms with Crippen molar-refractivity contribution in [3.63, 3.8) is 0 Å². The highest BCUT2D eigenvalue weighted by Gasteiger charge is 2.34. The number of carbonyl (C=O) groups excluding carboxylic acids is 3. The van der Waals surface area contributed by atoms with Crippen LogP contribution in [0.2, 0.25) is 0 Å². The first kappa shape index (κ1) is 30.2. The number of amides is 4. The number of benzene rings is 2. The molecular formula is C31H42N4O6. The zero-order chi connectivity index (χ0) is 29.5. The van der Waals surface area contributed by atoms with Crippen LogP contribution in [0.5, 0.6) is 11.5 Å². The molecule has 1 saturated carbocycles. The van der Waals surface area contributed by atoms with Gasteiger partial charge in [-0.25, -0.2) is 4.79 Å². The summed E-state index contributed by atoms with van der Waals surface area (Å²) in [5, 5.41) is 15.8. The van der Waals surface area contributed by atoms with Crippen LogP contribution in [-0.4, -0.2) is 78.8 Å². The minimum Gasteiger partial charge on any atom is -0.497 e. The summed E-state index contributed by atoms with van der Waals surface area (Å²) in [5.74, 6) is 0.601. The molecule has 10 heteroatoms. The Labute approximate surface area is 242 Å². The van der Waals surface area contributed by atoms with Crippen molar-refractivity contribution in [1.82, 2.24) is 9.80 Å². The first-order valence-corrected chi connectivity index (χ1v) is 14.4. The van der Waals surface area contributed by atoms with Crippen LogP contribution in [0, 0.1) is 11.8 Å². The van der Waals surface area contributed by atoms with E-state index in [4.69, 9.17) is 9.47 Å². The van der Waals surface area contributed by atoms with E-state index in [1.54, 1.807) is 73.3 Å². The summed E-state index contributed by atoms with van der Waals surface area (Å²) in [4.78, 5) is 42.8. The fraction of sp³-hybridized carbons (Fsp3) is 0.516. The van der Waals surface area contributed by atoms with Gasteiger partial charge in [-0.2, -0.15) is 0 Å². The second kappa shape index (κ2) is 13.7. The molecule has 2 aliphatic rings. The number of urea groups is 1. The fourth-order valence-corrected chi connectivity index (χ4v) is 5.37. The molecule has 1 aliphatic heterocycles. The van der Waals surface area contributed by atoms with Crippen LogP contribution in [0.15, 0.2) is 42.5 Å². The maximum absolute atomic E-state index is 13.7. The largest absolute Gasteiger partial charge is 0.497 e. The van der Waals surface area contributed by atoms with Gasteiger partial charge in [0.15, 0.2) is 0 Å². The van der Waals surface area contributed by atoms with E-state index in [2.05, 4.69) is 10.6 Å². The molecule has 3 N–H and O–H groups in total. The Morgan fingerprint density at radius 2 is 1.78 bits per heavy atom. The van der Waals surface area contributed by atoms with Crippen LogP contribution in [0.3, 0.4) is 0 Å². The third kappa shape index (κ3) is 7.49. The average Bonchev–Trinajstić information content (AvgIpc) is 2.99. The van der Waals surface area contributed by atoms with Gasteiger partial charge in [0.1, 0.15) is 17.6 Å². The van der Waals surface area contributed by atoms with Crippen molar-refractivity contribution in [2.45, 2.75) is 58.1 Å². The van der Waals surface area contributed by atoms with E-state index < -0.39 is 12.1 Å². The normalized spacial score (nSPS) is 20.1. The van der Waals surface area contributed by atoms with E-state index in [0.717, 1.165) is 32.1 Å². The van der Waals surface area contributed by atoms with Crippen LogP contribution in [0.4, 0.5) is 16.2 Å². The highest BCUT2D eigenvalue weighted by atomic mass is 16.5. The third-order valence-corrected chi connectivity index (χ3v) is 8.05. The number of nitrogens with zero attached hydrogens (tertiary/aromatic N) is 2. The number of hydrogen-bond acceptors (Lipinski definition) is 6. The Balaban J connectivity index is 1.53. The number of aliphatic hydroxyl groups is 1. The Morgan fingerprint density at radius 3 is 2.44 bits per heavy atom. The molecular weight excluding hydrogens is 524 g/mol. The van der Waals surface area contributed by atoms with Gasteiger partial charge in [0.05, 0.1) is 31.9 Å². The van der Waals surface area contributed by atoms with Gasteiger partial charge in [0.2, 0.25) is 5.91 Å². The molecule has 222 valence electrons. The standard InChI is InChI=1S/C31H42N4O6/c1-20-17-35(21(2)19-36)30(38)26-16-24(32-29(37)22-8-6-5-7-9-22)12-15-27(26)41-28(20)18-34(3)31(39)33-23-10-13-25(40-4)14-11-23/h10-16,20-22,28,36H,5-9,17-19H2,1-4H3,(H,32,37)(H,33,39)/t20-,21-,28+/m1/s1. The maximum Gasteiger partial charge on any atom is 0.321 e. The van der Waals surface area contributed by atoms with Crippen molar-refractivity contribution in [3.8, 4) is 11.5 Å². The van der Waals surface area contributed by atoms with Gasteiger partial charge in [-0.1, -0.05) is 26.2 Å². The number of likely N-dealkylation sites (N-methyl/N-ethyl adjacent to an activating group) is 1. The van der Waals surface area contributed by atoms with E-state index >= 15 is 0 Å². The molecule has 10 nitrogen and oxygen atoms in total. The minimum absolute atomic E-state index is 0.0200. The molecule has 4 rings (SSSR count). The summed E-state index contributed by atoms with van der Waals surface area (Å²) in [5.41, 5.74) is 1.49. The van der Waals surface area contributed by atoms with Crippen molar-refractivity contribution in [2.75, 3.05) is 44.5 Å². The molecule has 0 spiro atoms. The smallest absolute Gasteiger partial charge is 0.321 e. The SMILES string of the molecule is COc1ccc(NC(=O)N(C)C[C@@H]2Oc3ccc(NC(=O)C4CCCCC4)cc3C(=O)N([C@H](C)CO)C[C@H]2C)cc1. The van der Waals surface area contributed by atoms with Crippen molar-refractivity contribution in [1.29, 1.82) is 0 Å². The fourth-order valence-electron chi connectivity index (χ4n) is 5.37. The zero-order valence-corrected chi connectivity index (χ0v) is 24.4. The van der Waals surface area contributed by atoms with Gasteiger partial charge >= 0.3 is 6.03 Å². The number of methoxy groups -OCH3 is 1. The van der Waals surface area contributed by atoms with Crippen LogP contribution in [0.1, 0.15) is 56.3 Å². The van der Waals surface area contributed by atoms with Crippen LogP contribution >= 0.6 is 0 Å². The second-order valence-corrected chi connectivity index (χ2v) is 11.2. The molecule has 0 radical (unpaired) electrons. The van der Waals surface area contributed by atoms with Gasteiger partial charge in [-0.3, -0.25) is 9.59 Å². The third-order valence-electron chi connectivity index (χ3n) is 8.05. The quantitative estimate of drug-likeness (QED) is 0.430. The number of rotatable bonds is 8. The lowest BCUT2D eigenvalue weighted by Gasteiger charge is -2.38. The lowest BCUT2D eigenvalue weighted by atomic mass is 9.88. The molecule has 0 aromatic heterocycles. The Morgan fingerprint density at radius 1 is 1.10 bits per heavy atom. The molecule has 2 aromatic carbocycles. The first-order valence-electron chi connectivity index (χ1n) is 14.4. The van der Waals surface area contributed by atoms with E-state index in [1.165, 1.54) is 0 Å². The summed E-state index contributed by atoms with van der Waals surface area (Å²) in [6.07, 6.45) is 4.57. The van der Waals surface area contributed by atoms with E-state index in [9.17, 15) is 19.5 Å². The van der Waals surface area contributed by atoms with E-state index in [1.807, 2.05) is 6.92 Å². The number of carbonyl (C=O) groups is 3. The van der Waals surface area contributed by atoms with Gasteiger partial charge in [-0.05, 0) is 62.2 Å². The van der Waals surface area contributed by atoms with Crippen molar-refractivity contribution < 1.29 is 29.0 Å². The lowest BCUT2D eigenvalue weighted by Crippen LogP contribution is -2.50. The number of nitrogens with one attached hydrogen (secondary N) is 2. The number of aliphatic hydroxyl groups excluding tert-OH is 1. The summed E-state index contributed by atoms with van der Waals surface area (Å²) < 4.78 is 11.6. The summed E-state index contributed by atoms with van der Waals surface area (Å²) in [6, 6.07) is 11.4. The first-order chi connectivity index (χ1) is 19.7. The molecule has 0 bridgehead atoms. The predicted octanol–water partition coefficient (Wildman–Crippen LogP) is 4.60. The lowest BCUT2D eigenvalue weighted by molar-refractivity contribution is -0.120. The van der Waals surface area contributed by atoms with Crippen molar-refractivity contribution >= 4 is 29.2 Å². The molecule has 2 aromatic rings. The van der Waals surface area contributed by atoms with E-state index in [0.29, 0.717) is 35.0 Å². The Kier molecular flexibility index (Phi) is 10.1. The summed E-state index contributed by atoms with van der Waals surface area (Å²) >= 11 is 0. The highest BCUT2D eigenvalue weighted by Crippen LogP contribution is 2.32. The molecule has 0 unspecified atom stereocenters. The topological polar surface area (TPSA) is 120 Å². The van der Waals surface area contributed by atoms with Gasteiger partial charge in [0, 0.05) is 36.8 Å². The van der Waals surface area contributed by atoms with Gasteiger partial charge in [0.25, 0.3) is 5.91 Å². The minimum atomic E-state index is -0.440.